The van der Waals surface area contributed by atoms with E-state index in [0.717, 1.165) is 41.2 Å². The smallest absolute Gasteiger partial charge is 0.226 e. The minimum Gasteiger partial charge on any atom is -0.378 e. The molecule has 0 N–H and O–H groups in total. The molecule has 3 heterocycles. The summed E-state index contributed by atoms with van der Waals surface area (Å²) in [6.45, 7) is 7.49. The van der Waals surface area contributed by atoms with Crippen LogP contribution in [0.4, 0.5) is 0 Å². The number of hydrogen-bond acceptors (Lipinski definition) is 6. The second-order valence-electron chi connectivity index (χ2n) is 7.13. The Morgan fingerprint density at radius 1 is 1.00 bits per heavy atom. The molecule has 1 saturated heterocycles. The molecule has 0 atom stereocenters. The van der Waals surface area contributed by atoms with E-state index in [0.29, 0.717) is 42.6 Å². The van der Waals surface area contributed by atoms with Gasteiger partial charge in [-0.15, -0.1) is 0 Å². The molecule has 0 saturated carbocycles. The Labute approximate surface area is 157 Å². The van der Waals surface area contributed by atoms with E-state index in [1.165, 1.54) is 0 Å². The van der Waals surface area contributed by atoms with Crippen molar-refractivity contribution >= 4 is 23.2 Å². The number of ketones is 1. The summed E-state index contributed by atoms with van der Waals surface area (Å²) in [4.78, 5) is 29.7. The van der Waals surface area contributed by atoms with Gasteiger partial charge in [0.25, 0.3) is 0 Å². The normalized spacial score (nSPS) is 21.9. The largest absolute Gasteiger partial charge is 0.378 e. The summed E-state index contributed by atoms with van der Waals surface area (Å²) < 4.78 is 5.45. The highest BCUT2D eigenvalue weighted by atomic mass is 16.5. The molecule has 1 aromatic rings. The van der Waals surface area contributed by atoms with E-state index >= 15 is 0 Å². The van der Waals surface area contributed by atoms with Gasteiger partial charge in [-0.05, 0) is 19.4 Å². The van der Waals surface area contributed by atoms with Gasteiger partial charge in [0.2, 0.25) is 5.96 Å². The molecule has 5 rings (SSSR count). The Bertz CT molecular complexity index is 1020. The van der Waals surface area contributed by atoms with Crippen LogP contribution in [0.3, 0.4) is 0 Å². The van der Waals surface area contributed by atoms with Crippen LogP contribution in [-0.2, 0) is 4.74 Å². The molecule has 0 unspecified atom stereocenters. The van der Waals surface area contributed by atoms with E-state index in [4.69, 9.17) is 14.7 Å². The fourth-order valence-corrected chi connectivity index (χ4v) is 4.06. The molecule has 136 valence electrons. The van der Waals surface area contributed by atoms with Crippen LogP contribution >= 0.6 is 0 Å². The SMILES string of the molecule is CC1=NCC(C)=C1C1=C2N=C(N3CCOCC3)N=C2c2ccccc2C1=O. The molecule has 0 bridgehead atoms. The number of ether oxygens (including phenoxy) is 1. The highest BCUT2D eigenvalue weighted by Crippen LogP contribution is 2.37. The van der Waals surface area contributed by atoms with Crippen molar-refractivity contribution in [3.05, 3.63) is 57.8 Å². The van der Waals surface area contributed by atoms with E-state index in [-0.39, 0.29) is 5.78 Å². The van der Waals surface area contributed by atoms with Crippen LogP contribution in [0, 0.1) is 0 Å². The van der Waals surface area contributed by atoms with E-state index in [2.05, 4.69) is 9.89 Å². The van der Waals surface area contributed by atoms with Crippen molar-refractivity contribution in [1.29, 1.82) is 0 Å². The topological polar surface area (TPSA) is 66.6 Å². The quantitative estimate of drug-likeness (QED) is 0.772. The van der Waals surface area contributed by atoms with Crippen LogP contribution in [-0.4, -0.2) is 60.9 Å². The fraction of sp³-hybridized carbons (Fsp3) is 0.333. The Kier molecular flexibility index (Phi) is 3.68. The first-order valence-corrected chi connectivity index (χ1v) is 9.25. The van der Waals surface area contributed by atoms with Gasteiger partial charge in [0.1, 0.15) is 11.4 Å². The van der Waals surface area contributed by atoms with E-state index in [1.54, 1.807) is 0 Å². The first-order valence-electron chi connectivity index (χ1n) is 9.25. The molecule has 0 radical (unpaired) electrons. The monoisotopic (exact) mass is 360 g/mol. The van der Waals surface area contributed by atoms with Crippen LogP contribution in [0.5, 0.6) is 0 Å². The second-order valence-corrected chi connectivity index (χ2v) is 7.13. The number of carbonyl (C=O) groups is 1. The standard InChI is InChI=1S/C21H20N4O2/c1-12-11-22-13(2)16(12)17-19-18(14-5-3-4-6-15(14)20(17)26)23-21(24-19)25-7-9-27-10-8-25/h3-6H,7-11H2,1-2H3. The van der Waals surface area contributed by atoms with Crippen molar-refractivity contribution in [2.75, 3.05) is 32.8 Å². The molecule has 1 aliphatic carbocycles. The Morgan fingerprint density at radius 3 is 2.44 bits per heavy atom. The van der Waals surface area contributed by atoms with Gasteiger partial charge < -0.3 is 9.64 Å². The van der Waals surface area contributed by atoms with Crippen LogP contribution in [0.2, 0.25) is 0 Å². The number of fused-ring (bicyclic) bond motifs is 3. The zero-order valence-corrected chi connectivity index (χ0v) is 15.5. The summed E-state index contributed by atoms with van der Waals surface area (Å²) in [6, 6.07) is 7.67. The number of allylic oxidation sites excluding steroid dienone is 3. The molecule has 27 heavy (non-hydrogen) atoms. The lowest BCUT2D eigenvalue weighted by atomic mass is 9.82. The van der Waals surface area contributed by atoms with Crippen LogP contribution in [0.15, 0.2) is 61.7 Å². The third kappa shape index (κ3) is 2.44. The lowest BCUT2D eigenvalue weighted by Gasteiger charge is -2.26. The van der Waals surface area contributed by atoms with Gasteiger partial charge in [0.15, 0.2) is 5.78 Å². The van der Waals surface area contributed by atoms with E-state index in [9.17, 15) is 4.79 Å². The first kappa shape index (κ1) is 16.3. The van der Waals surface area contributed by atoms with Crippen molar-refractivity contribution in [3.8, 4) is 0 Å². The predicted octanol–water partition coefficient (Wildman–Crippen LogP) is 2.42. The third-order valence-corrected chi connectivity index (χ3v) is 5.42. The van der Waals surface area contributed by atoms with Gasteiger partial charge >= 0.3 is 0 Å². The summed E-state index contributed by atoms with van der Waals surface area (Å²) in [5.41, 5.74) is 6.62. The molecule has 0 spiro atoms. The van der Waals surface area contributed by atoms with E-state index < -0.39 is 0 Å². The van der Waals surface area contributed by atoms with Crippen molar-refractivity contribution < 1.29 is 9.53 Å². The number of hydrogen-bond donors (Lipinski definition) is 0. The number of nitrogens with zero attached hydrogens (tertiary/aromatic N) is 4. The highest BCUT2D eigenvalue weighted by Gasteiger charge is 2.38. The van der Waals surface area contributed by atoms with Crippen LogP contribution in [0.1, 0.15) is 29.8 Å². The van der Waals surface area contributed by atoms with Crippen LogP contribution in [0.25, 0.3) is 0 Å². The Balaban J connectivity index is 1.72. The van der Waals surface area contributed by atoms with Gasteiger partial charge in [-0.3, -0.25) is 9.79 Å². The number of carbonyl (C=O) groups excluding carboxylic acids is 1. The molecule has 6 nitrogen and oxygen atoms in total. The highest BCUT2D eigenvalue weighted by molar-refractivity contribution is 6.35. The summed E-state index contributed by atoms with van der Waals surface area (Å²) >= 11 is 0. The van der Waals surface area contributed by atoms with Crippen LogP contribution < -0.4 is 0 Å². The minimum atomic E-state index is 0.0114. The number of benzene rings is 1. The summed E-state index contributed by atoms with van der Waals surface area (Å²) in [5, 5.41) is 0. The van der Waals surface area contributed by atoms with Crippen molar-refractivity contribution in [1.82, 2.24) is 4.90 Å². The maximum Gasteiger partial charge on any atom is 0.226 e. The lowest BCUT2D eigenvalue weighted by molar-refractivity contribution is 0.0677. The molecule has 1 fully saturated rings. The number of rotatable bonds is 1. The zero-order valence-electron chi connectivity index (χ0n) is 15.5. The van der Waals surface area contributed by atoms with Gasteiger partial charge in [0, 0.05) is 35.5 Å². The Hall–Kier alpha value is -2.86. The van der Waals surface area contributed by atoms with Gasteiger partial charge in [-0.1, -0.05) is 24.3 Å². The number of Topliss-reactive ketones (excluding diaryl/α,β-unsaturated/α-hetero) is 1. The number of morpholine rings is 1. The lowest BCUT2D eigenvalue weighted by Crippen LogP contribution is -2.39. The molecule has 6 heteroatoms. The minimum absolute atomic E-state index is 0.0114. The van der Waals surface area contributed by atoms with Crippen molar-refractivity contribution in [2.24, 2.45) is 15.0 Å². The van der Waals surface area contributed by atoms with Gasteiger partial charge in [-0.25, -0.2) is 9.98 Å². The maximum absolute atomic E-state index is 13.4. The number of aliphatic imine (C=N–C) groups is 3. The van der Waals surface area contributed by atoms with Crippen molar-refractivity contribution in [2.45, 2.75) is 13.8 Å². The molecule has 4 aliphatic rings. The predicted molar refractivity (Wildman–Crippen MR) is 105 cm³/mol. The van der Waals surface area contributed by atoms with Crippen molar-refractivity contribution in [3.63, 3.8) is 0 Å². The number of guanidine groups is 1. The van der Waals surface area contributed by atoms with Gasteiger partial charge in [0.05, 0.1) is 25.3 Å². The molecule has 1 aromatic carbocycles. The first-order chi connectivity index (χ1) is 13.1. The van der Waals surface area contributed by atoms with E-state index in [1.807, 2.05) is 38.1 Å². The molecule has 0 aromatic heterocycles. The second kappa shape index (κ2) is 6.09. The summed E-state index contributed by atoms with van der Waals surface area (Å²) in [7, 11) is 0. The maximum atomic E-state index is 13.4. The van der Waals surface area contributed by atoms with Gasteiger partial charge in [-0.2, -0.15) is 0 Å². The average Bonchev–Trinajstić information content (AvgIpc) is 3.28. The fourth-order valence-electron chi connectivity index (χ4n) is 4.06. The summed E-state index contributed by atoms with van der Waals surface area (Å²) in [6.07, 6.45) is 0. The molecule has 3 aliphatic heterocycles. The zero-order chi connectivity index (χ0) is 18.5. The summed E-state index contributed by atoms with van der Waals surface area (Å²) in [5.74, 6) is 0.688. The molecular formula is C21H20N4O2. The Morgan fingerprint density at radius 2 is 1.74 bits per heavy atom. The average molecular weight is 360 g/mol. The third-order valence-electron chi connectivity index (χ3n) is 5.42. The molecule has 0 amide bonds. The molecular weight excluding hydrogens is 340 g/mol.